The van der Waals surface area contributed by atoms with E-state index in [1.807, 2.05) is 80.3 Å². The van der Waals surface area contributed by atoms with E-state index in [2.05, 4.69) is 55.7 Å². The number of nitro benzene ring substituents is 1. The first kappa shape index (κ1) is 54.1. The molecule has 1 saturated carbocycles. The van der Waals surface area contributed by atoms with E-state index in [1.54, 1.807) is 23.9 Å². The molecule has 2 aliphatic heterocycles. The molecule has 1 unspecified atom stereocenters. The normalized spacial score (nSPS) is 19.7. The minimum absolute atomic E-state index is 0.0761. The van der Waals surface area contributed by atoms with Gasteiger partial charge >= 0.3 is 6.09 Å². The standard InChI is InChI=1S/C55H71ClN8O7S2/c1-54(2,3)71-53(66)63-33-29-61(30-34-63)39-55(4)25-23-49(40-11-15-43(56)16-12-40)42(36-55)37-60-27-31-62(32-28-60)46-17-13-41(14-18-46)52(65)58-73(69,70)48-21-22-50(51(35-48)64(67)68)57-44(24-26-59(5)45-19-20-45)38-72-47-9-7-6-8-10-47/h6-18,21-22,35,44-45,57H,19-20,23-34,36-39H2,1-5H3,(H,58,65)/t44-,55?/m1/s1. The summed E-state index contributed by atoms with van der Waals surface area (Å²) in [6.07, 6.45) is 5.86. The number of hydrogen-bond acceptors (Lipinski definition) is 13. The lowest BCUT2D eigenvalue weighted by Crippen LogP contribution is -2.52. The molecule has 0 aromatic heterocycles. The van der Waals surface area contributed by atoms with Gasteiger partial charge in [0.1, 0.15) is 11.3 Å². The molecule has 0 bridgehead atoms. The average Bonchev–Trinajstić information content (AvgIpc) is 4.22. The molecule has 0 spiro atoms. The van der Waals surface area contributed by atoms with E-state index in [9.17, 15) is 28.1 Å². The van der Waals surface area contributed by atoms with Crippen LogP contribution in [0.15, 0.2) is 112 Å². The number of benzene rings is 4. The molecule has 4 aromatic carbocycles. The fraction of sp³-hybridized carbons (Fsp3) is 0.491. The van der Waals surface area contributed by atoms with E-state index in [0.29, 0.717) is 24.9 Å². The number of sulfonamides is 1. The predicted molar refractivity (Wildman–Crippen MR) is 292 cm³/mol. The van der Waals surface area contributed by atoms with Crippen molar-refractivity contribution < 1.29 is 27.7 Å². The maximum atomic E-state index is 13.6. The highest BCUT2D eigenvalue weighted by Gasteiger charge is 2.36. The highest BCUT2D eigenvalue weighted by molar-refractivity contribution is 7.99. The highest BCUT2D eigenvalue weighted by atomic mass is 35.5. The molecule has 4 aromatic rings. The molecule has 3 fully saturated rings. The van der Waals surface area contributed by atoms with Crippen molar-refractivity contribution in [1.29, 1.82) is 0 Å². The van der Waals surface area contributed by atoms with Crippen molar-refractivity contribution in [2.45, 2.75) is 93.7 Å². The second kappa shape index (κ2) is 23.6. The Bertz CT molecular complexity index is 2700. The number of amides is 2. The molecule has 2 amide bonds. The fourth-order valence-corrected chi connectivity index (χ4v) is 12.3. The summed E-state index contributed by atoms with van der Waals surface area (Å²) in [5.74, 6) is -0.177. The van der Waals surface area contributed by atoms with Crippen molar-refractivity contribution in [3.05, 3.63) is 129 Å². The molecule has 15 nitrogen and oxygen atoms in total. The van der Waals surface area contributed by atoms with Crippen LogP contribution < -0.4 is 14.9 Å². The number of nitro groups is 1. The fourth-order valence-electron chi connectivity index (χ4n) is 10.2. The molecule has 4 aliphatic rings. The Kier molecular flexibility index (Phi) is 17.5. The Hall–Kier alpha value is -5.17. The lowest BCUT2D eigenvalue weighted by molar-refractivity contribution is -0.384. The van der Waals surface area contributed by atoms with Crippen molar-refractivity contribution in [2.24, 2.45) is 5.41 Å². The molecule has 0 radical (unpaired) electrons. The van der Waals surface area contributed by atoms with E-state index in [4.69, 9.17) is 16.3 Å². The first-order valence-corrected chi connectivity index (χ1v) is 28.4. The van der Waals surface area contributed by atoms with Gasteiger partial charge in [-0.2, -0.15) is 0 Å². The Balaban J connectivity index is 0.863. The van der Waals surface area contributed by atoms with Gasteiger partial charge in [-0.05, 0) is 144 Å². The van der Waals surface area contributed by atoms with E-state index in [1.165, 1.54) is 41.7 Å². The van der Waals surface area contributed by atoms with Gasteiger partial charge in [-0.1, -0.05) is 54.4 Å². The minimum atomic E-state index is -4.46. The monoisotopic (exact) mass is 1050 g/mol. The first-order chi connectivity index (χ1) is 34.8. The van der Waals surface area contributed by atoms with E-state index < -0.39 is 26.5 Å². The van der Waals surface area contributed by atoms with Gasteiger partial charge in [0.15, 0.2) is 0 Å². The Morgan fingerprint density at radius 1 is 0.918 bits per heavy atom. The molecule has 18 heteroatoms. The third-order valence-corrected chi connectivity index (χ3v) is 17.2. The van der Waals surface area contributed by atoms with Gasteiger partial charge in [-0.25, -0.2) is 17.9 Å². The van der Waals surface area contributed by atoms with Crippen LogP contribution in [0.4, 0.5) is 21.9 Å². The zero-order chi connectivity index (χ0) is 51.9. The van der Waals surface area contributed by atoms with Crippen LogP contribution in [0, 0.1) is 15.5 Å². The van der Waals surface area contributed by atoms with Crippen LogP contribution in [0.1, 0.15) is 82.1 Å². The van der Waals surface area contributed by atoms with Crippen molar-refractivity contribution in [3.8, 4) is 0 Å². The van der Waals surface area contributed by atoms with Gasteiger partial charge in [-0.3, -0.25) is 24.7 Å². The number of nitrogens with zero attached hydrogens (tertiary/aromatic N) is 6. The number of carbonyl (C=O) groups excluding carboxylic acids is 2. The Morgan fingerprint density at radius 2 is 1.59 bits per heavy atom. The number of hydrogen-bond donors (Lipinski definition) is 2. The average molecular weight is 1060 g/mol. The molecule has 2 saturated heterocycles. The number of piperazine rings is 2. The van der Waals surface area contributed by atoms with Gasteiger partial charge in [-0.15, -0.1) is 11.8 Å². The molecule has 2 N–H and O–H groups in total. The van der Waals surface area contributed by atoms with Crippen LogP contribution in [0.2, 0.25) is 5.02 Å². The van der Waals surface area contributed by atoms with Gasteiger partial charge in [0.2, 0.25) is 0 Å². The largest absolute Gasteiger partial charge is 0.444 e. The van der Waals surface area contributed by atoms with Crippen molar-refractivity contribution >= 4 is 68.0 Å². The van der Waals surface area contributed by atoms with E-state index in [0.717, 1.165) is 106 Å². The van der Waals surface area contributed by atoms with Crippen LogP contribution in [-0.2, 0) is 14.8 Å². The summed E-state index contributed by atoms with van der Waals surface area (Å²) in [6, 6.07) is 29.2. The van der Waals surface area contributed by atoms with Crippen LogP contribution in [0.3, 0.4) is 0 Å². The number of rotatable bonds is 19. The lowest BCUT2D eigenvalue weighted by Gasteiger charge is -2.44. The molecule has 392 valence electrons. The quantitative estimate of drug-likeness (QED) is 0.0520. The first-order valence-electron chi connectivity index (χ1n) is 25.5. The molecule has 8 rings (SSSR count). The zero-order valence-electron chi connectivity index (χ0n) is 42.9. The summed E-state index contributed by atoms with van der Waals surface area (Å²) in [4.78, 5) is 50.1. The van der Waals surface area contributed by atoms with Crippen LogP contribution >= 0.6 is 23.4 Å². The van der Waals surface area contributed by atoms with Gasteiger partial charge < -0.3 is 24.8 Å². The summed E-state index contributed by atoms with van der Waals surface area (Å²) < 4.78 is 35.0. The van der Waals surface area contributed by atoms with Crippen molar-refractivity contribution in [3.63, 3.8) is 0 Å². The maximum absolute atomic E-state index is 13.6. The summed E-state index contributed by atoms with van der Waals surface area (Å²) in [5.41, 5.74) is 4.54. The van der Waals surface area contributed by atoms with Crippen LogP contribution in [0.5, 0.6) is 0 Å². The van der Waals surface area contributed by atoms with Crippen molar-refractivity contribution in [1.82, 2.24) is 24.3 Å². The smallest absolute Gasteiger partial charge is 0.410 e. The lowest BCUT2D eigenvalue weighted by atomic mass is 9.71. The topological polar surface area (TPSA) is 161 Å². The van der Waals surface area contributed by atoms with Crippen LogP contribution in [0.25, 0.3) is 5.57 Å². The number of thioether (sulfide) groups is 1. The number of ether oxygens (including phenoxy) is 1. The second-order valence-electron chi connectivity index (χ2n) is 21.5. The second-order valence-corrected chi connectivity index (χ2v) is 24.7. The Morgan fingerprint density at radius 3 is 2.23 bits per heavy atom. The third-order valence-electron chi connectivity index (χ3n) is 14.4. The molecule has 2 aliphatic carbocycles. The SMILES string of the molecule is CN(CC[C@H](CSc1ccccc1)Nc1ccc(S(=O)(=O)NC(=O)c2ccc(N3CCN(CC4=C(c5ccc(Cl)cc5)CCC(C)(CN5CCN(C(=O)OC(C)(C)C)CC5)C4)CC3)cc2)cc1[N+](=O)[O-])C1CC1. The zero-order valence-corrected chi connectivity index (χ0v) is 45.2. The summed E-state index contributed by atoms with van der Waals surface area (Å²) in [7, 11) is -2.37. The van der Waals surface area contributed by atoms with Gasteiger partial charge in [0.25, 0.3) is 21.6 Å². The summed E-state index contributed by atoms with van der Waals surface area (Å²) in [5, 5.41) is 16.5. The molecular weight excluding hydrogens is 984 g/mol. The number of allylic oxidation sites excluding steroid dienone is 1. The summed E-state index contributed by atoms with van der Waals surface area (Å²) >= 11 is 7.99. The van der Waals surface area contributed by atoms with Gasteiger partial charge in [0, 0.05) is 117 Å². The number of nitrogens with one attached hydrogen (secondary N) is 2. The van der Waals surface area contributed by atoms with Crippen LogP contribution in [-0.4, -0.2) is 147 Å². The highest BCUT2D eigenvalue weighted by Crippen LogP contribution is 2.44. The molecule has 73 heavy (non-hydrogen) atoms. The summed E-state index contributed by atoms with van der Waals surface area (Å²) in [6.45, 7) is 16.9. The Labute approximate surface area is 440 Å². The number of halogens is 1. The van der Waals surface area contributed by atoms with E-state index in [-0.39, 0.29) is 39.4 Å². The molecule has 2 heterocycles. The molecular formula is C55H71ClN8O7S2. The van der Waals surface area contributed by atoms with Gasteiger partial charge in [0.05, 0.1) is 9.82 Å². The maximum Gasteiger partial charge on any atom is 0.410 e. The number of anilines is 2. The van der Waals surface area contributed by atoms with E-state index >= 15 is 0 Å². The predicted octanol–water partition coefficient (Wildman–Crippen LogP) is 9.74. The number of carbonyl (C=O) groups is 2. The third kappa shape index (κ3) is 15.0. The van der Waals surface area contributed by atoms with Crippen molar-refractivity contribution in [2.75, 3.05) is 95.0 Å². The minimum Gasteiger partial charge on any atom is -0.444 e. The molecule has 2 atom stereocenters.